The summed E-state index contributed by atoms with van der Waals surface area (Å²) < 4.78 is 2.31. The first-order valence-electron chi connectivity index (χ1n) is 10.7. The maximum atomic E-state index is 6.35. The molecule has 1 saturated heterocycles. The third-order valence-electron chi connectivity index (χ3n) is 5.96. The van der Waals surface area contributed by atoms with Crippen LogP contribution in [0.2, 0.25) is 5.02 Å². The van der Waals surface area contributed by atoms with Crippen molar-refractivity contribution in [1.29, 1.82) is 0 Å². The van der Waals surface area contributed by atoms with Gasteiger partial charge in [-0.2, -0.15) is 0 Å². The van der Waals surface area contributed by atoms with Gasteiger partial charge in [-0.15, -0.1) is 0 Å². The van der Waals surface area contributed by atoms with Gasteiger partial charge in [0.05, 0.1) is 17.8 Å². The zero-order chi connectivity index (χ0) is 22.3. The van der Waals surface area contributed by atoms with Gasteiger partial charge < -0.3 is 14.8 Å². The number of pyridine rings is 1. The van der Waals surface area contributed by atoms with Crippen molar-refractivity contribution in [1.82, 2.24) is 19.8 Å². The minimum Gasteiger partial charge on any atom is -0.352 e. The summed E-state index contributed by atoms with van der Waals surface area (Å²) in [6.45, 7) is 11.8. The van der Waals surface area contributed by atoms with E-state index in [0.717, 1.165) is 28.1 Å². The lowest BCUT2D eigenvalue weighted by molar-refractivity contribution is 0.287. The van der Waals surface area contributed by atoms with Crippen molar-refractivity contribution in [3.05, 3.63) is 81.9 Å². The zero-order valence-corrected chi connectivity index (χ0v) is 20.3. The minimum absolute atomic E-state index is 0.00172. The molecule has 162 valence electrons. The molecule has 0 aliphatic carbocycles. The van der Waals surface area contributed by atoms with E-state index in [-0.39, 0.29) is 12.1 Å². The normalized spacial score (nSPS) is 18.7. The zero-order valence-electron chi connectivity index (χ0n) is 18.7. The summed E-state index contributed by atoms with van der Waals surface area (Å²) >= 11 is 12.1. The van der Waals surface area contributed by atoms with Crippen molar-refractivity contribution in [2.24, 2.45) is 5.92 Å². The van der Waals surface area contributed by atoms with Gasteiger partial charge in [-0.05, 0) is 80.4 Å². The second-order valence-electron chi connectivity index (χ2n) is 8.77. The highest BCUT2D eigenvalue weighted by molar-refractivity contribution is 7.80. The van der Waals surface area contributed by atoms with Crippen molar-refractivity contribution in [2.45, 2.75) is 46.7 Å². The van der Waals surface area contributed by atoms with Gasteiger partial charge in [0.15, 0.2) is 5.11 Å². The molecule has 0 bridgehead atoms. The fourth-order valence-corrected chi connectivity index (χ4v) is 5.10. The number of aromatic nitrogens is 2. The van der Waals surface area contributed by atoms with Crippen molar-refractivity contribution >= 4 is 28.9 Å². The number of aryl methyl sites for hydroxylation is 2. The molecule has 1 N–H and O–H groups in total. The molecule has 4 rings (SSSR count). The monoisotopic (exact) mass is 452 g/mol. The Morgan fingerprint density at radius 3 is 2.58 bits per heavy atom. The maximum absolute atomic E-state index is 6.35. The van der Waals surface area contributed by atoms with Crippen LogP contribution in [0.1, 0.15) is 54.1 Å². The number of hydrogen-bond donors (Lipinski definition) is 1. The first kappa shape index (κ1) is 21.8. The molecule has 3 heterocycles. The van der Waals surface area contributed by atoms with E-state index in [2.05, 4.69) is 72.6 Å². The van der Waals surface area contributed by atoms with Gasteiger partial charge in [0.2, 0.25) is 0 Å². The predicted molar refractivity (Wildman–Crippen MR) is 132 cm³/mol. The van der Waals surface area contributed by atoms with Gasteiger partial charge in [-0.1, -0.05) is 37.6 Å². The summed E-state index contributed by atoms with van der Waals surface area (Å²) in [5.74, 6) is 0.489. The van der Waals surface area contributed by atoms with Crippen LogP contribution in [-0.4, -0.2) is 26.1 Å². The van der Waals surface area contributed by atoms with E-state index in [0.29, 0.717) is 5.92 Å². The fraction of sp³-hybridized carbons (Fsp3) is 0.360. The predicted octanol–water partition coefficient (Wildman–Crippen LogP) is 6.08. The van der Waals surface area contributed by atoms with Crippen LogP contribution in [0.4, 0.5) is 0 Å². The fourth-order valence-electron chi connectivity index (χ4n) is 4.62. The summed E-state index contributed by atoms with van der Waals surface area (Å²) in [5, 5.41) is 5.09. The van der Waals surface area contributed by atoms with Crippen LogP contribution in [0.3, 0.4) is 0 Å². The Hall–Kier alpha value is -2.37. The van der Waals surface area contributed by atoms with E-state index in [4.69, 9.17) is 23.8 Å². The summed E-state index contributed by atoms with van der Waals surface area (Å²) in [5.41, 5.74) is 6.96. The molecule has 3 aromatic rings. The largest absolute Gasteiger partial charge is 0.352 e. The van der Waals surface area contributed by atoms with Crippen LogP contribution in [0.15, 0.2) is 48.7 Å². The molecule has 1 aliphatic heterocycles. The molecule has 0 spiro atoms. The van der Waals surface area contributed by atoms with Gasteiger partial charge in [-0.3, -0.25) is 4.98 Å². The first-order valence-corrected chi connectivity index (χ1v) is 11.5. The number of benzene rings is 1. The summed E-state index contributed by atoms with van der Waals surface area (Å²) in [6, 6.07) is 14.5. The molecule has 1 aliphatic rings. The number of rotatable bonds is 5. The lowest BCUT2D eigenvalue weighted by Gasteiger charge is -2.29. The number of thiocarbonyl (C=S) groups is 1. The Morgan fingerprint density at radius 1 is 1.13 bits per heavy atom. The summed E-state index contributed by atoms with van der Waals surface area (Å²) in [4.78, 5) is 6.98. The Bertz CT molecular complexity index is 1110. The Balaban J connectivity index is 1.86. The van der Waals surface area contributed by atoms with Gasteiger partial charge >= 0.3 is 0 Å². The smallest absolute Gasteiger partial charge is 0.170 e. The van der Waals surface area contributed by atoms with Crippen LogP contribution < -0.4 is 5.32 Å². The van der Waals surface area contributed by atoms with E-state index in [9.17, 15) is 0 Å². The van der Waals surface area contributed by atoms with E-state index in [1.54, 1.807) is 0 Å². The topological polar surface area (TPSA) is 33.1 Å². The van der Waals surface area contributed by atoms with Gasteiger partial charge in [-0.25, -0.2) is 0 Å². The molecule has 0 amide bonds. The van der Waals surface area contributed by atoms with Crippen molar-refractivity contribution in [3.63, 3.8) is 0 Å². The number of nitrogens with zero attached hydrogens (tertiary/aromatic N) is 3. The van der Waals surface area contributed by atoms with Crippen LogP contribution in [0.25, 0.3) is 5.69 Å². The first-order chi connectivity index (χ1) is 14.8. The molecule has 0 unspecified atom stereocenters. The number of halogens is 1. The van der Waals surface area contributed by atoms with Crippen molar-refractivity contribution in [2.75, 3.05) is 6.54 Å². The lowest BCUT2D eigenvalue weighted by atomic mass is 9.96. The Labute approximate surface area is 195 Å². The average Bonchev–Trinajstić information content (AvgIpc) is 3.20. The standard InChI is InChI=1S/C25H29ClN4S/c1-15(2)14-29-24(23(28-25(29)31)21-8-6-7-11-27-21)20-12-17(4)30(18(20)5)22-13-19(26)10-9-16(22)3/h6-13,15,23-24H,14H2,1-5H3,(H,28,31)/t23-,24+/m0/s1. The quantitative estimate of drug-likeness (QED) is 0.475. The molecule has 2 atom stereocenters. The number of hydrogen-bond acceptors (Lipinski definition) is 2. The molecule has 1 fully saturated rings. The van der Waals surface area contributed by atoms with E-state index in [1.165, 1.54) is 22.5 Å². The van der Waals surface area contributed by atoms with Crippen LogP contribution in [0, 0.1) is 26.7 Å². The molecule has 2 aromatic heterocycles. The average molecular weight is 453 g/mol. The highest BCUT2D eigenvalue weighted by atomic mass is 35.5. The second kappa shape index (κ2) is 8.64. The molecule has 1 aromatic carbocycles. The highest BCUT2D eigenvalue weighted by Crippen LogP contribution is 2.42. The highest BCUT2D eigenvalue weighted by Gasteiger charge is 2.41. The third-order valence-corrected chi connectivity index (χ3v) is 6.55. The molecule has 6 heteroatoms. The van der Waals surface area contributed by atoms with Gasteiger partial charge in [0.1, 0.15) is 0 Å². The van der Waals surface area contributed by atoms with Gasteiger partial charge in [0, 0.05) is 34.8 Å². The van der Waals surface area contributed by atoms with Crippen LogP contribution in [0.5, 0.6) is 0 Å². The lowest BCUT2D eigenvalue weighted by Crippen LogP contribution is -2.33. The van der Waals surface area contributed by atoms with Gasteiger partial charge in [0.25, 0.3) is 0 Å². The van der Waals surface area contributed by atoms with Crippen molar-refractivity contribution < 1.29 is 0 Å². The third kappa shape index (κ3) is 4.09. The van der Waals surface area contributed by atoms with Crippen molar-refractivity contribution in [3.8, 4) is 5.69 Å². The summed E-state index contributed by atoms with van der Waals surface area (Å²) in [7, 11) is 0. The second-order valence-corrected chi connectivity index (χ2v) is 9.59. The Morgan fingerprint density at radius 2 is 1.90 bits per heavy atom. The summed E-state index contributed by atoms with van der Waals surface area (Å²) in [6.07, 6.45) is 1.85. The molecular formula is C25H29ClN4S. The maximum Gasteiger partial charge on any atom is 0.170 e. The number of nitrogens with one attached hydrogen (secondary N) is 1. The molecule has 4 nitrogen and oxygen atoms in total. The van der Waals surface area contributed by atoms with Crippen LogP contribution >= 0.6 is 23.8 Å². The molecular weight excluding hydrogens is 424 g/mol. The van der Waals surface area contributed by atoms with E-state index < -0.39 is 0 Å². The van der Waals surface area contributed by atoms with Crippen LogP contribution in [-0.2, 0) is 0 Å². The van der Waals surface area contributed by atoms with E-state index in [1.807, 2.05) is 30.5 Å². The molecule has 31 heavy (non-hydrogen) atoms. The molecule has 0 radical (unpaired) electrons. The molecule has 0 saturated carbocycles. The van der Waals surface area contributed by atoms with E-state index >= 15 is 0 Å². The Kier molecular flexibility index (Phi) is 6.09. The SMILES string of the molecule is Cc1ccc(Cl)cc1-n1c(C)cc([C@@H]2[C@H](c3ccccn3)NC(=S)N2CC(C)C)c1C. The minimum atomic E-state index is 0.00172.